The number of amides is 1. The molecule has 0 fully saturated rings. The van der Waals surface area contributed by atoms with E-state index in [1.807, 2.05) is 6.07 Å². The van der Waals surface area contributed by atoms with Crippen LogP contribution in [0, 0.1) is 5.92 Å². The Hall–Kier alpha value is -2.04. The fraction of sp³-hybridized carbons (Fsp3) is 0.556. The molecule has 2 N–H and O–H groups in total. The molecule has 1 aromatic carbocycles. The van der Waals surface area contributed by atoms with Gasteiger partial charge >= 0.3 is 5.97 Å². The summed E-state index contributed by atoms with van der Waals surface area (Å²) in [6, 6.07) is 5.40. The molecule has 0 radical (unpaired) electrons. The maximum Gasteiger partial charge on any atom is 0.337 e. The van der Waals surface area contributed by atoms with Crippen molar-refractivity contribution in [1.29, 1.82) is 0 Å². The minimum Gasteiger partial charge on any atom is -0.496 e. The number of aryl methyl sites for hydroxylation is 1. The third-order valence-electron chi connectivity index (χ3n) is 4.14. The van der Waals surface area contributed by atoms with Gasteiger partial charge in [0.2, 0.25) is 5.91 Å². The van der Waals surface area contributed by atoms with E-state index in [1.54, 1.807) is 19.2 Å². The standard InChI is InChI=1S/C18H27NO4/c1-4-13(6-5-7-17(19)20)8-9-14-10-11-15(18(21)23-3)12-16(14)22-2/h10-13H,4-9H2,1-3H3,(H2,19,20). The van der Waals surface area contributed by atoms with Crippen LogP contribution in [0.5, 0.6) is 5.75 Å². The highest BCUT2D eigenvalue weighted by Crippen LogP contribution is 2.25. The summed E-state index contributed by atoms with van der Waals surface area (Å²) >= 11 is 0. The van der Waals surface area contributed by atoms with Crippen LogP contribution in [0.2, 0.25) is 0 Å². The largest absolute Gasteiger partial charge is 0.496 e. The first-order chi connectivity index (χ1) is 11.0. The summed E-state index contributed by atoms with van der Waals surface area (Å²) in [5.74, 6) is 0.659. The summed E-state index contributed by atoms with van der Waals surface area (Å²) in [4.78, 5) is 22.4. The van der Waals surface area contributed by atoms with Gasteiger partial charge in [-0.25, -0.2) is 4.79 Å². The van der Waals surface area contributed by atoms with Crippen LogP contribution in [0.25, 0.3) is 0 Å². The zero-order valence-electron chi connectivity index (χ0n) is 14.3. The number of hydrogen-bond acceptors (Lipinski definition) is 4. The van der Waals surface area contributed by atoms with Crippen LogP contribution in [-0.2, 0) is 16.0 Å². The number of rotatable bonds is 10. The Bertz CT molecular complexity index is 528. The monoisotopic (exact) mass is 321 g/mol. The van der Waals surface area contributed by atoms with Crippen molar-refractivity contribution in [3.63, 3.8) is 0 Å². The molecule has 1 aromatic rings. The number of esters is 1. The minimum absolute atomic E-state index is 0.236. The van der Waals surface area contributed by atoms with Gasteiger partial charge in [-0.1, -0.05) is 19.4 Å². The van der Waals surface area contributed by atoms with Crippen molar-refractivity contribution in [3.8, 4) is 5.75 Å². The van der Waals surface area contributed by atoms with Gasteiger partial charge in [-0.3, -0.25) is 4.79 Å². The van der Waals surface area contributed by atoms with Crippen molar-refractivity contribution in [1.82, 2.24) is 0 Å². The van der Waals surface area contributed by atoms with Crippen molar-refractivity contribution < 1.29 is 19.1 Å². The quantitative estimate of drug-likeness (QED) is 0.672. The molecule has 23 heavy (non-hydrogen) atoms. The molecule has 0 saturated carbocycles. The van der Waals surface area contributed by atoms with Gasteiger partial charge in [0.1, 0.15) is 5.75 Å². The number of nitrogens with two attached hydrogens (primary N) is 1. The molecule has 0 aromatic heterocycles. The molecule has 0 aliphatic carbocycles. The number of ether oxygens (including phenoxy) is 2. The van der Waals surface area contributed by atoms with E-state index in [1.165, 1.54) is 7.11 Å². The molecule has 0 aliphatic heterocycles. The van der Waals surface area contributed by atoms with E-state index in [9.17, 15) is 9.59 Å². The van der Waals surface area contributed by atoms with E-state index in [2.05, 4.69) is 6.92 Å². The Labute approximate surface area is 138 Å². The Kier molecular flexibility index (Phi) is 8.16. The zero-order valence-corrected chi connectivity index (χ0v) is 14.3. The van der Waals surface area contributed by atoms with Crippen LogP contribution in [-0.4, -0.2) is 26.1 Å². The molecule has 5 heteroatoms. The SMILES string of the molecule is CCC(CCCC(N)=O)CCc1ccc(C(=O)OC)cc1OC. The van der Waals surface area contributed by atoms with Gasteiger partial charge in [0, 0.05) is 6.42 Å². The molecule has 0 spiro atoms. The molecule has 1 unspecified atom stereocenters. The highest BCUT2D eigenvalue weighted by molar-refractivity contribution is 5.89. The number of carbonyl (C=O) groups is 2. The lowest BCUT2D eigenvalue weighted by atomic mass is 9.91. The first-order valence-electron chi connectivity index (χ1n) is 8.05. The summed E-state index contributed by atoms with van der Waals surface area (Å²) < 4.78 is 10.1. The zero-order chi connectivity index (χ0) is 17.2. The van der Waals surface area contributed by atoms with E-state index in [0.717, 1.165) is 37.7 Å². The van der Waals surface area contributed by atoms with Crippen molar-refractivity contribution in [2.24, 2.45) is 11.7 Å². The normalized spacial score (nSPS) is 11.8. The third-order valence-corrected chi connectivity index (χ3v) is 4.14. The predicted molar refractivity (Wildman–Crippen MR) is 89.5 cm³/mol. The molecular weight excluding hydrogens is 294 g/mol. The topological polar surface area (TPSA) is 78.6 Å². The number of hydrogen-bond donors (Lipinski definition) is 1. The lowest BCUT2D eigenvalue weighted by molar-refractivity contribution is -0.118. The van der Waals surface area contributed by atoms with Gasteiger partial charge in [0.05, 0.1) is 19.8 Å². The van der Waals surface area contributed by atoms with Crippen LogP contribution in [0.4, 0.5) is 0 Å². The van der Waals surface area contributed by atoms with Crippen molar-refractivity contribution in [2.75, 3.05) is 14.2 Å². The van der Waals surface area contributed by atoms with E-state index >= 15 is 0 Å². The summed E-state index contributed by atoms with van der Waals surface area (Å²) in [6.45, 7) is 2.16. The highest BCUT2D eigenvalue weighted by atomic mass is 16.5. The van der Waals surface area contributed by atoms with Gasteiger partial charge in [0.25, 0.3) is 0 Å². The fourth-order valence-corrected chi connectivity index (χ4v) is 2.67. The first kappa shape index (κ1) is 19.0. The summed E-state index contributed by atoms with van der Waals surface area (Å²) in [5, 5.41) is 0. The van der Waals surface area contributed by atoms with Crippen molar-refractivity contribution >= 4 is 11.9 Å². The molecule has 1 amide bonds. The molecular formula is C18H27NO4. The molecule has 0 heterocycles. The van der Waals surface area contributed by atoms with E-state index in [-0.39, 0.29) is 11.9 Å². The van der Waals surface area contributed by atoms with Crippen LogP contribution >= 0.6 is 0 Å². The fourth-order valence-electron chi connectivity index (χ4n) is 2.67. The molecule has 0 aliphatic rings. The van der Waals surface area contributed by atoms with Crippen molar-refractivity contribution in [3.05, 3.63) is 29.3 Å². The van der Waals surface area contributed by atoms with Crippen LogP contribution in [0.15, 0.2) is 18.2 Å². The van der Waals surface area contributed by atoms with Crippen LogP contribution < -0.4 is 10.5 Å². The van der Waals surface area contributed by atoms with Gasteiger partial charge in [0.15, 0.2) is 0 Å². The van der Waals surface area contributed by atoms with Gasteiger partial charge in [-0.2, -0.15) is 0 Å². The Morgan fingerprint density at radius 2 is 1.96 bits per heavy atom. The number of methoxy groups -OCH3 is 2. The maximum absolute atomic E-state index is 11.6. The maximum atomic E-state index is 11.6. The average Bonchev–Trinajstić information content (AvgIpc) is 2.56. The third kappa shape index (κ3) is 6.30. The summed E-state index contributed by atoms with van der Waals surface area (Å²) in [7, 11) is 2.96. The molecule has 1 rings (SSSR count). The predicted octanol–water partition coefficient (Wildman–Crippen LogP) is 3.10. The number of primary amides is 1. The second-order valence-corrected chi connectivity index (χ2v) is 5.69. The van der Waals surface area contributed by atoms with Crippen molar-refractivity contribution in [2.45, 2.75) is 45.4 Å². The van der Waals surface area contributed by atoms with Crippen LogP contribution in [0.3, 0.4) is 0 Å². The number of benzene rings is 1. The lowest BCUT2D eigenvalue weighted by Gasteiger charge is -2.16. The van der Waals surface area contributed by atoms with Gasteiger partial charge < -0.3 is 15.2 Å². The minimum atomic E-state index is -0.368. The van der Waals surface area contributed by atoms with Gasteiger partial charge in [-0.15, -0.1) is 0 Å². The molecule has 0 saturated heterocycles. The first-order valence-corrected chi connectivity index (χ1v) is 8.05. The molecule has 128 valence electrons. The molecule has 5 nitrogen and oxygen atoms in total. The van der Waals surface area contributed by atoms with E-state index < -0.39 is 0 Å². The molecule has 1 atom stereocenters. The molecule has 0 bridgehead atoms. The summed E-state index contributed by atoms with van der Waals surface area (Å²) in [5.41, 5.74) is 6.74. The Balaban J connectivity index is 2.64. The second-order valence-electron chi connectivity index (χ2n) is 5.69. The Morgan fingerprint density at radius 1 is 1.22 bits per heavy atom. The average molecular weight is 321 g/mol. The lowest BCUT2D eigenvalue weighted by Crippen LogP contribution is -2.11. The van der Waals surface area contributed by atoms with E-state index in [0.29, 0.717) is 23.7 Å². The summed E-state index contributed by atoms with van der Waals surface area (Å²) in [6.07, 6.45) is 5.26. The highest BCUT2D eigenvalue weighted by Gasteiger charge is 2.13. The van der Waals surface area contributed by atoms with E-state index in [4.69, 9.17) is 15.2 Å². The Morgan fingerprint density at radius 3 is 2.52 bits per heavy atom. The second kappa shape index (κ2) is 9.87. The number of carbonyl (C=O) groups excluding carboxylic acids is 2. The smallest absolute Gasteiger partial charge is 0.337 e. The van der Waals surface area contributed by atoms with Gasteiger partial charge in [-0.05, 0) is 49.3 Å². The van der Waals surface area contributed by atoms with Crippen LogP contribution in [0.1, 0.15) is 54.9 Å².